The fraction of sp³-hybridized carbons (Fsp3) is 0.762. The highest BCUT2D eigenvalue weighted by Gasteiger charge is 2.40. The van der Waals surface area contributed by atoms with Gasteiger partial charge in [0, 0.05) is 39.0 Å². The van der Waals surface area contributed by atoms with Gasteiger partial charge in [0.1, 0.15) is 5.60 Å². The molecule has 0 spiro atoms. The number of nitrogens with one attached hydrogen (secondary N) is 1. The molecule has 34 heavy (non-hydrogen) atoms. The average Bonchev–Trinajstić information content (AvgIpc) is 3.12. The lowest BCUT2D eigenvalue weighted by molar-refractivity contribution is -0.148. The Kier molecular flexibility index (Phi) is 7.41. The Hall–Kier alpha value is -2.86. The van der Waals surface area contributed by atoms with Gasteiger partial charge < -0.3 is 24.4 Å². The lowest BCUT2D eigenvalue weighted by Gasteiger charge is -2.34. The Morgan fingerprint density at radius 3 is 2.50 bits per heavy atom. The summed E-state index contributed by atoms with van der Waals surface area (Å²) in [6, 6.07) is -0.717. The number of halogens is 3. The molecule has 1 N–H and O–H groups in total. The summed E-state index contributed by atoms with van der Waals surface area (Å²) in [7, 11) is 0. The standard InChI is InChI=1S/C21H31F3N6O4/c1-13-5-6-28(16(31)9-13)11-14(25-19(33)34-20(2,3)4)10-17(32)29-7-8-30-15(12-29)26-27-18(30)21(22,23)24/h13-14H,5-12H2,1-4H3,(H,25,33). The molecule has 190 valence electrons. The number of rotatable bonds is 5. The molecule has 0 saturated carbocycles. The number of piperidine rings is 1. The second-order valence-corrected chi connectivity index (χ2v) is 9.89. The van der Waals surface area contributed by atoms with Crippen molar-refractivity contribution in [1.29, 1.82) is 0 Å². The molecule has 1 aromatic rings. The summed E-state index contributed by atoms with van der Waals surface area (Å²) in [5.74, 6) is -1.19. The maximum atomic E-state index is 13.1. The molecule has 0 aromatic carbocycles. The van der Waals surface area contributed by atoms with Gasteiger partial charge in [-0.3, -0.25) is 9.59 Å². The van der Waals surface area contributed by atoms with Crippen LogP contribution in [0.4, 0.5) is 18.0 Å². The van der Waals surface area contributed by atoms with Gasteiger partial charge in [0.05, 0.1) is 12.6 Å². The molecule has 3 rings (SSSR count). The average molecular weight is 489 g/mol. The van der Waals surface area contributed by atoms with Crippen molar-refractivity contribution in [3.05, 3.63) is 11.6 Å². The molecule has 2 aliphatic heterocycles. The van der Waals surface area contributed by atoms with Crippen molar-refractivity contribution in [3.8, 4) is 0 Å². The van der Waals surface area contributed by atoms with E-state index in [0.717, 1.165) is 11.0 Å². The molecule has 1 fully saturated rings. The number of carbonyl (C=O) groups excluding carboxylic acids is 3. The molecule has 0 radical (unpaired) electrons. The van der Waals surface area contributed by atoms with E-state index in [1.54, 1.807) is 25.7 Å². The Morgan fingerprint density at radius 2 is 1.88 bits per heavy atom. The first-order valence-electron chi connectivity index (χ1n) is 11.3. The minimum absolute atomic E-state index is 0.0452. The molecule has 2 atom stereocenters. The van der Waals surface area contributed by atoms with E-state index in [4.69, 9.17) is 4.74 Å². The highest BCUT2D eigenvalue weighted by molar-refractivity contribution is 5.79. The van der Waals surface area contributed by atoms with Crippen LogP contribution < -0.4 is 5.32 Å². The van der Waals surface area contributed by atoms with Crippen molar-refractivity contribution in [3.63, 3.8) is 0 Å². The van der Waals surface area contributed by atoms with Gasteiger partial charge in [-0.1, -0.05) is 6.92 Å². The van der Waals surface area contributed by atoms with Crippen LogP contribution in [0.15, 0.2) is 0 Å². The molecule has 0 aliphatic carbocycles. The van der Waals surface area contributed by atoms with E-state index in [2.05, 4.69) is 15.5 Å². The van der Waals surface area contributed by atoms with Gasteiger partial charge in [-0.25, -0.2) is 4.79 Å². The summed E-state index contributed by atoms with van der Waals surface area (Å²) in [6.07, 6.45) is -4.26. The van der Waals surface area contributed by atoms with E-state index in [-0.39, 0.29) is 56.2 Å². The Morgan fingerprint density at radius 1 is 1.18 bits per heavy atom. The number of hydrogen-bond donors (Lipinski definition) is 1. The Bertz CT molecular complexity index is 927. The van der Waals surface area contributed by atoms with E-state index in [9.17, 15) is 27.6 Å². The summed E-state index contributed by atoms with van der Waals surface area (Å²) in [4.78, 5) is 40.8. The van der Waals surface area contributed by atoms with Crippen LogP contribution in [0.5, 0.6) is 0 Å². The van der Waals surface area contributed by atoms with Crippen LogP contribution in [-0.2, 0) is 33.6 Å². The summed E-state index contributed by atoms with van der Waals surface area (Å²) in [5.41, 5.74) is -0.748. The highest BCUT2D eigenvalue weighted by atomic mass is 19.4. The van der Waals surface area contributed by atoms with Crippen molar-refractivity contribution in [2.75, 3.05) is 19.6 Å². The zero-order valence-electron chi connectivity index (χ0n) is 19.8. The van der Waals surface area contributed by atoms with E-state index < -0.39 is 29.7 Å². The first kappa shape index (κ1) is 25.8. The maximum Gasteiger partial charge on any atom is 0.451 e. The topological polar surface area (TPSA) is 110 Å². The number of amides is 3. The van der Waals surface area contributed by atoms with Crippen LogP contribution in [0, 0.1) is 5.92 Å². The van der Waals surface area contributed by atoms with Gasteiger partial charge in [-0.05, 0) is 33.1 Å². The third-order valence-electron chi connectivity index (χ3n) is 5.71. The molecule has 2 unspecified atom stereocenters. The Labute approximate surface area is 195 Å². The predicted octanol–water partition coefficient (Wildman–Crippen LogP) is 2.18. The highest BCUT2D eigenvalue weighted by Crippen LogP contribution is 2.29. The van der Waals surface area contributed by atoms with Crippen LogP contribution in [0.2, 0.25) is 0 Å². The molecular weight excluding hydrogens is 457 g/mol. The minimum Gasteiger partial charge on any atom is -0.444 e. The van der Waals surface area contributed by atoms with E-state index in [1.165, 1.54) is 4.90 Å². The number of fused-ring (bicyclic) bond motifs is 1. The number of ether oxygens (including phenoxy) is 1. The second kappa shape index (κ2) is 9.79. The van der Waals surface area contributed by atoms with Crippen LogP contribution in [-0.4, -0.2) is 73.7 Å². The summed E-state index contributed by atoms with van der Waals surface area (Å²) in [6.45, 7) is 7.62. The van der Waals surface area contributed by atoms with Gasteiger partial charge in [-0.15, -0.1) is 10.2 Å². The maximum absolute atomic E-state index is 13.1. The number of aromatic nitrogens is 3. The third-order valence-corrected chi connectivity index (χ3v) is 5.71. The van der Waals surface area contributed by atoms with Gasteiger partial charge >= 0.3 is 12.3 Å². The van der Waals surface area contributed by atoms with E-state index >= 15 is 0 Å². The second-order valence-electron chi connectivity index (χ2n) is 9.89. The van der Waals surface area contributed by atoms with Crippen LogP contribution in [0.3, 0.4) is 0 Å². The Balaban J connectivity index is 1.68. The first-order chi connectivity index (χ1) is 15.7. The molecule has 1 aromatic heterocycles. The summed E-state index contributed by atoms with van der Waals surface area (Å²) < 4.78 is 45.5. The molecule has 13 heteroatoms. The summed E-state index contributed by atoms with van der Waals surface area (Å²) >= 11 is 0. The fourth-order valence-electron chi connectivity index (χ4n) is 4.04. The number of nitrogens with zero attached hydrogens (tertiary/aromatic N) is 5. The SMILES string of the molecule is CC1CCN(CC(CC(=O)N2CCn3c(nnc3C(F)(F)F)C2)NC(=O)OC(C)(C)C)C(=O)C1. The van der Waals surface area contributed by atoms with Crippen molar-refractivity contribution in [2.45, 2.75) is 77.9 Å². The lowest BCUT2D eigenvalue weighted by atomic mass is 9.98. The predicted molar refractivity (Wildman–Crippen MR) is 113 cm³/mol. The smallest absolute Gasteiger partial charge is 0.444 e. The van der Waals surface area contributed by atoms with E-state index in [1.807, 2.05) is 6.92 Å². The van der Waals surface area contributed by atoms with Crippen molar-refractivity contribution in [1.82, 2.24) is 29.9 Å². The molecule has 10 nitrogen and oxygen atoms in total. The van der Waals surface area contributed by atoms with Crippen molar-refractivity contribution < 1.29 is 32.3 Å². The molecular formula is C21H31F3N6O4. The van der Waals surface area contributed by atoms with Crippen molar-refractivity contribution in [2.24, 2.45) is 5.92 Å². The summed E-state index contributed by atoms with van der Waals surface area (Å²) in [5, 5.41) is 9.49. The zero-order valence-corrected chi connectivity index (χ0v) is 19.8. The fourth-order valence-corrected chi connectivity index (χ4v) is 4.04. The quantitative estimate of drug-likeness (QED) is 0.681. The van der Waals surface area contributed by atoms with Gasteiger partial charge in [0.25, 0.3) is 0 Å². The molecule has 3 heterocycles. The van der Waals surface area contributed by atoms with Crippen LogP contribution in [0.25, 0.3) is 0 Å². The van der Waals surface area contributed by atoms with Crippen LogP contribution >= 0.6 is 0 Å². The first-order valence-corrected chi connectivity index (χ1v) is 11.3. The van der Waals surface area contributed by atoms with Gasteiger partial charge in [0.15, 0.2) is 5.82 Å². The van der Waals surface area contributed by atoms with Gasteiger partial charge in [0.2, 0.25) is 17.6 Å². The number of hydrogen-bond acceptors (Lipinski definition) is 6. The van der Waals surface area contributed by atoms with Crippen LogP contribution in [0.1, 0.15) is 58.6 Å². The molecule has 0 bridgehead atoms. The number of alkyl halides is 3. The molecule has 2 aliphatic rings. The minimum atomic E-state index is -4.63. The normalized spacial score (nSPS) is 20.1. The largest absolute Gasteiger partial charge is 0.451 e. The number of likely N-dealkylation sites (tertiary alicyclic amines) is 1. The monoisotopic (exact) mass is 488 g/mol. The number of alkyl carbamates (subject to hydrolysis) is 1. The van der Waals surface area contributed by atoms with Crippen molar-refractivity contribution >= 4 is 17.9 Å². The molecule has 1 saturated heterocycles. The van der Waals surface area contributed by atoms with Gasteiger partial charge in [-0.2, -0.15) is 13.2 Å². The van der Waals surface area contributed by atoms with E-state index in [0.29, 0.717) is 13.0 Å². The lowest BCUT2D eigenvalue weighted by Crippen LogP contribution is -2.51. The molecule has 3 amide bonds. The third kappa shape index (κ3) is 6.60. The zero-order chi connectivity index (χ0) is 25.3. The number of carbonyl (C=O) groups is 3.